The standard InChI is InChI=1S/C34H41N7O4/c1-23-17-24(18-25-21-35-38-31(23)25)19-28(32(43)40-14-9-26(10-15-40)39-12-5-2-6-13-39)37-33(44)41-16-11-34(20-30(41)42)22-36-45-29-8-4-3-7-27(29)34/h3-4,7-8,17-18,21-22,26,28H,2,5-6,9-16,19-20H2,1H3,(H,35,38)(H,37,44). The first kappa shape index (κ1) is 29.5. The van der Waals surface area contributed by atoms with Crippen LogP contribution in [0.25, 0.3) is 10.9 Å². The maximum atomic E-state index is 14.1. The highest BCUT2D eigenvalue weighted by atomic mass is 16.6. The van der Waals surface area contributed by atoms with Crippen molar-refractivity contribution < 1.29 is 19.2 Å². The fraction of sp³-hybridized carbons (Fsp3) is 0.500. The summed E-state index contributed by atoms with van der Waals surface area (Å²) in [6.07, 6.45) is 10.1. The van der Waals surface area contributed by atoms with E-state index in [-0.39, 0.29) is 24.8 Å². The lowest BCUT2D eigenvalue weighted by atomic mass is 9.72. The normalized spacial score (nSPS) is 23.2. The Labute approximate surface area is 262 Å². The van der Waals surface area contributed by atoms with Gasteiger partial charge in [0.15, 0.2) is 5.75 Å². The number of benzene rings is 2. The summed E-state index contributed by atoms with van der Waals surface area (Å²) in [6, 6.07) is 10.8. The molecule has 4 aliphatic rings. The van der Waals surface area contributed by atoms with Crippen molar-refractivity contribution >= 4 is 35.0 Å². The lowest BCUT2D eigenvalue weighted by molar-refractivity contribution is -0.136. The third-order valence-corrected chi connectivity index (χ3v) is 10.2. The average molecular weight is 612 g/mol. The van der Waals surface area contributed by atoms with E-state index in [9.17, 15) is 14.4 Å². The number of imide groups is 1. The van der Waals surface area contributed by atoms with Gasteiger partial charge in [-0.2, -0.15) is 5.10 Å². The molecule has 1 aromatic heterocycles. The van der Waals surface area contributed by atoms with E-state index in [4.69, 9.17) is 4.84 Å². The SMILES string of the molecule is Cc1cc(CC(NC(=O)N2CCC3(C=NOc4ccccc43)CC2=O)C(=O)N2CCC(N3CCCCC3)CC2)cc2cn[nH]c12. The maximum Gasteiger partial charge on any atom is 0.324 e. The molecule has 11 nitrogen and oxygen atoms in total. The highest BCUT2D eigenvalue weighted by Crippen LogP contribution is 2.41. The molecule has 11 heteroatoms. The van der Waals surface area contributed by atoms with Gasteiger partial charge in [0.1, 0.15) is 6.04 Å². The second kappa shape index (κ2) is 12.3. The molecule has 0 bridgehead atoms. The molecule has 0 saturated carbocycles. The molecule has 7 rings (SSSR count). The number of aromatic nitrogens is 2. The van der Waals surface area contributed by atoms with E-state index in [1.54, 1.807) is 12.4 Å². The van der Waals surface area contributed by atoms with Crippen LogP contribution in [-0.2, 0) is 21.4 Å². The van der Waals surface area contributed by atoms with Gasteiger partial charge in [0.2, 0.25) is 11.8 Å². The third kappa shape index (κ3) is 5.81. The van der Waals surface area contributed by atoms with E-state index < -0.39 is 17.5 Å². The molecule has 2 atom stereocenters. The van der Waals surface area contributed by atoms with Gasteiger partial charge in [-0.3, -0.25) is 19.6 Å². The Hall–Kier alpha value is -4.25. The van der Waals surface area contributed by atoms with Crippen molar-refractivity contribution in [2.45, 2.75) is 75.8 Å². The number of urea groups is 1. The first-order valence-electron chi connectivity index (χ1n) is 16.3. The Morgan fingerprint density at radius 3 is 2.69 bits per heavy atom. The van der Waals surface area contributed by atoms with Gasteiger partial charge in [0.25, 0.3) is 0 Å². The van der Waals surface area contributed by atoms with Gasteiger partial charge in [0.05, 0.1) is 17.9 Å². The molecular formula is C34H41N7O4. The van der Waals surface area contributed by atoms with Crippen molar-refractivity contribution in [1.29, 1.82) is 0 Å². The zero-order chi connectivity index (χ0) is 31.0. The summed E-state index contributed by atoms with van der Waals surface area (Å²) in [5.74, 6) is 0.230. The van der Waals surface area contributed by atoms with Crippen molar-refractivity contribution in [3.05, 3.63) is 59.3 Å². The number of oxime groups is 1. The Kier molecular flexibility index (Phi) is 8.03. The molecule has 0 aliphatic carbocycles. The first-order valence-corrected chi connectivity index (χ1v) is 16.3. The predicted molar refractivity (Wildman–Crippen MR) is 170 cm³/mol. The van der Waals surface area contributed by atoms with Crippen LogP contribution in [0.15, 0.2) is 47.8 Å². The minimum absolute atomic E-state index is 0.100. The number of rotatable bonds is 5. The number of fused-ring (bicyclic) bond motifs is 3. The Balaban J connectivity index is 1.07. The van der Waals surface area contributed by atoms with Crippen LogP contribution in [0.3, 0.4) is 0 Å². The molecule has 1 spiro atoms. The number of piperidine rings is 3. The van der Waals surface area contributed by atoms with Crippen LogP contribution in [0, 0.1) is 6.92 Å². The summed E-state index contributed by atoms with van der Waals surface area (Å²) < 4.78 is 0. The molecule has 3 saturated heterocycles. The molecule has 3 aromatic rings. The first-order chi connectivity index (χ1) is 21.9. The van der Waals surface area contributed by atoms with Crippen LogP contribution < -0.4 is 10.2 Å². The summed E-state index contributed by atoms with van der Waals surface area (Å²) in [6.45, 7) is 5.83. The van der Waals surface area contributed by atoms with E-state index in [2.05, 4.69) is 25.6 Å². The highest BCUT2D eigenvalue weighted by molar-refractivity contribution is 6.00. The number of hydrogen-bond donors (Lipinski definition) is 2. The smallest absolute Gasteiger partial charge is 0.324 e. The average Bonchev–Trinajstić information content (AvgIpc) is 3.54. The lowest BCUT2D eigenvalue weighted by Crippen LogP contribution is -2.58. The van der Waals surface area contributed by atoms with Crippen LogP contribution >= 0.6 is 0 Å². The van der Waals surface area contributed by atoms with Crippen molar-refractivity contribution in [3.63, 3.8) is 0 Å². The molecular weight excluding hydrogens is 570 g/mol. The predicted octanol–water partition coefficient (Wildman–Crippen LogP) is 3.91. The zero-order valence-corrected chi connectivity index (χ0v) is 25.8. The lowest BCUT2D eigenvalue weighted by Gasteiger charge is -2.41. The minimum Gasteiger partial charge on any atom is -0.357 e. The van der Waals surface area contributed by atoms with Crippen LogP contribution in [0.4, 0.5) is 4.79 Å². The minimum atomic E-state index is -0.804. The zero-order valence-electron chi connectivity index (χ0n) is 25.8. The fourth-order valence-corrected chi connectivity index (χ4v) is 7.70. The van der Waals surface area contributed by atoms with Gasteiger partial charge < -0.3 is 20.0 Å². The quantitative estimate of drug-likeness (QED) is 0.451. The molecule has 4 amide bonds. The number of nitrogens with zero attached hydrogens (tertiary/aromatic N) is 5. The number of nitrogens with one attached hydrogen (secondary N) is 2. The number of para-hydroxylation sites is 1. The third-order valence-electron chi connectivity index (χ3n) is 10.2. The van der Waals surface area contributed by atoms with Crippen molar-refractivity contribution in [3.8, 4) is 5.75 Å². The highest BCUT2D eigenvalue weighted by Gasteiger charge is 2.45. The molecule has 3 fully saturated rings. The molecule has 5 heterocycles. The summed E-state index contributed by atoms with van der Waals surface area (Å²) in [5, 5.41) is 15.2. The van der Waals surface area contributed by atoms with E-state index in [1.165, 1.54) is 24.2 Å². The van der Waals surface area contributed by atoms with Crippen LogP contribution in [0.5, 0.6) is 5.75 Å². The Bertz CT molecular complexity index is 1620. The number of hydrogen-bond acceptors (Lipinski definition) is 7. The largest absolute Gasteiger partial charge is 0.357 e. The van der Waals surface area contributed by atoms with Crippen LogP contribution in [-0.4, -0.2) is 93.8 Å². The monoisotopic (exact) mass is 611 g/mol. The van der Waals surface area contributed by atoms with E-state index in [0.29, 0.717) is 37.7 Å². The van der Waals surface area contributed by atoms with Gasteiger partial charge in [-0.1, -0.05) is 35.8 Å². The van der Waals surface area contributed by atoms with Crippen molar-refractivity contribution in [1.82, 2.24) is 30.2 Å². The second-order valence-electron chi connectivity index (χ2n) is 13.1. The summed E-state index contributed by atoms with van der Waals surface area (Å²) in [4.78, 5) is 52.6. The molecule has 2 unspecified atom stereocenters. The van der Waals surface area contributed by atoms with Gasteiger partial charge >= 0.3 is 6.03 Å². The van der Waals surface area contributed by atoms with Crippen LogP contribution in [0.1, 0.15) is 61.6 Å². The number of H-pyrrole nitrogens is 1. The van der Waals surface area contributed by atoms with Gasteiger partial charge in [0, 0.05) is 54.9 Å². The molecule has 4 aliphatic heterocycles. The Morgan fingerprint density at radius 1 is 1.09 bits per heavy atom. The number of aryl methyl sites for hydroxylation is 1. The van der Waals surface area contributed by atoms with E-state index in [0.717, 1.165) is 53.5 Å². The summed E-state index contributed by atoms with van der Waals surface area (Å²) in [7, 11) is 0. The molecule has 2 aromatic carbocycles. The Morgan fingerprint density at radius 2 is 1.89 bits per heavy atom. The van der Waals surface area contributed by atoms with Gasteiger partial charge in [-0.05, 0) is 75.4 Å². The summed E-state index contributed by atoms with van der Waals surface area (Å²) >= 11 is 0. The van der Waals surface area contributed by atoms with E-state index >= 15 is 0 Å². The molecule has 45 heavy (non-hydrogen) atoms. The van der Waals surface area contributed by atoms with Crippen molar-refractivity contribution in [2.75, 3.05) is 32.7 Å². The number of likely N-dealkylation sites (tertiary alicyclic amines) is 3. The van der Waals surface area contributed by atoms with E-state index in [1.807, 2.05) is 48.2 Å². The summed E-state index contributed by atoms with van der Waals surface area (Å²) in [5.41, 5.74) is 3.20. The number of aromatic amines is 1. The number of amides is 4. The van der Waals surface area contributed by atoms with Gasteiger partial charge in [-0.15, -0.1) is 0 Å². The van der Waals surface area contributed by atoms with Crippen LogP contribution in [0.2, 0.25) is 0 Å². The molecule has 236 valence electrons. The fourth-order valence-electron chi connectivity index (χ4n) is 7.70. The number of carbonyl (C=O) groups excluding carboxylic acids is 3. The molecule has 0 radical (unpaired) electrons. The second-order valence-corrected chi connectivity index (χ2v) is 13.1. The van der Waals surface area contributed by atoms with Gasteiger partial charge in [-0.25, -0.2) is 4.79 Å². The molecule has 2 N–H and O–H groups in total. The number of carbonyl (C=O) groups is 3. The van der Waals surface area contributed by atoms with Crippen molar-refractivity contribution in [2.24, 2.45) is 5.16 Å². The topological polar surface area (TPSA) is 123 Å². The maximum absolute atomic E-state index is 14.1.